The van der Waals surface area contributed by atoms with E-state index in [-0.39, 0.29) is 18.7 Å². The van der Waals surface area contributed by atoms with Crippen LogP contribution in [-0.4, -0.2) is 27.3 Å². The highest BCUT2D eigenvalue weighted by atomic mass is 19.1. The van der Waals surface area contributed by atoms with E-state index in [1.54, 1.807) is 16.8 Å². The maximum Gasteiger partial charge on any atom is 0.248 e. The Balaban J connectivity index is 1.57. The number of rotatable bonds is 2. The van der Waals surface area contributed by atoms with Crippen molar-refractivity contribution in [3.05, 3.63) is 65.7 Å². The summed E-state index contributed by atoms with van der Waals surface area (Å²) in [4.78, 5) is 8.86. The minimum atomic E-state index is -0.261. The number of benzene rings is 2. The van der Waals surface area contributed by atoms with E-state index in [4.69, 9.17) is 9.47 Å². The van der Waals surface area contributed by atoms with Crippen LogP contribution in [0.1, 0.15) is 23.6 Å². The van der Waals surface area contributed by atoms with Crippen molar-refractivity contribution in [1.29, 1.82) is 0 Å². The molecule has 0 N–H and O–H groups in total. The van der Waals surface area contributed by atoms with E-state index >= 15 is 0 Å². The predicted octanol–water partition coefficient (Wildman–Crippen LogP) is 3.26. The second-order valence-electron chi connectivity index (χ2n) is 5.90. The molecule has 3 aromatic rings. The van der Waals surface area contributed by atoms with Gasteiger partial charge in [0.15, 0.2) is 11.5 Å². The summed E-state index contributed by atoms with van der Waals surface area (Å²) in [5, 5.41) is 4.28. The van der Waals surface area contributed by atoms with Crippen LogP contribution in [0.4, 0.5) is 10.3 Å². The van der Waals surface area contributed by atoms with E-state index in [1.165, 1.54) is 18.5 Å². The van der Waals surface area contributed by atoms with Gasteiger partial charge in [-0.3, -0.25) is 0 Å². The molecule has 5 rings (SSSR count). The molecule has 1 unspecified atom stereocenters. The van der Waals surface area contributed by atoms with Crippen LogP contribution in [0, 0.1) is 5.82 Å². The number of hydrogen-bond donors (Lipinski definition) is 0. The Hall–Kier alpha value is -3.22. The van der Waals surface area contributed by atoms with Crippen LogP contribution >= 0.6 is 0 Å². The highest BCUT2D eigenvalue weighted by Crippen LogP contribution is 2.36. The van der Waals surface area contributed by atoms with Crippen molar-refractivity contribution in [3.8, 4) is 11.5 Å². The van der Waals surface area contributed by atoms with Gasteiger partial charge in [-0.2, -0.15) is 10.1 Å². The topological polar surface area (TPSA) is 61.5 Å². The molecule has 0 spiro atoms. The third-order valence-electron chi connectivity index (χ3n) is 4.43. The fourth-order valence-corrected chi connectivity index (χ4v) is 3.18. The van der Waals surface area contributed by atoms with Crippen molar-refractivity contribution < 1.29 is 13.9 Å². The molecule has 2 aliphatic heterocycles. The van der Waals surface area contributed by atoms with Gasteiger partial charge >= 0.3 is 0 Å². The number of halogens is 1. The maximum absolute atomic E-state index is 13.3. The molecule has 2 aromatic carbocycles. The SMILES string of the molecule is Fc1ccc(C2CC(c3ccc4c(c3)OCO4)=Nc3ncnn32)cc1. The molecule has 0 saturated heterocycles. The molecule has 0 aliphatic carbocycles. The third-order valence-corrected chi connectivity index (χ3v) is 4.43. The normalized spacial score (nSPS) is 18.0. The fraction of sp³-hybridized carbons (Fsp3) is 0.167. The number of fused-ring (bicyclic) bond motifs is 2. The molecule has 7 heteroatoms. The van der Waals surface area contributed by atoms with Gasteiger partial charge in [0.05, 0.1) is 11.8 Å². The predicted molar refractivity (Wildman–Crippen MR) is 87.9 cm³/mol. The van der Waals surface area contributed by atoms with Crippen LogP contribution in [0.2, 0.25) is 0 Å². The molecule has 1 aromatic heterocycles. The molecule has 0 fully saturated rings. The average molecular weight is 336 g/mol. The minimum absolute atomic E-state index is 0.0870. The van der Waals surface area contributed by atoms with E-state index in [0.717, 1.165) is 22.6 Å². The lowest BCUT2D eigenvalue weighted by molar-refractivity contribution is 0.174. The summed E-state index contributed by atoms with van der Waals surface area (Å²) in [5.41, 5.74) is 2.79. The molecule has 0 bridgehead atoms. The number of aliphatic imine (C=N–C) groups is 1. The van der Waals surface area contributed by atoms with Crippen LogP contribution in [0.15, 0.2) is 53.8 Å². The van der Waals surface area contributed by atoms with Gasteiger partial charge < -0.3 is 9.47 Å². The summed E-state index contributed by atoms with van der Waals surface area (Å²) in [6, 6.07) is 12.1. The zero-order chi connectivity index (χ0) is 16.8. The first kappa shape index (κ1) is 14.2. The Labute approximate surface area is 142 Å². The van der Waals surface area contributed by atoms with Gasteiger partial charge in [-0.05, 0) is 35.9 Å². The Bertz CT molecular complexity index is 981. The summed E-state index contributed by atoms with van der Waals surface area (Å²) in [6.45, 7) is 0.234. The lowest BCUT2D eigenvalue weighted by Gasteiger charge is -2.24. The molecule has 6 nitrogen and oxygen atoms in total. The lowest BCUT2D eigenvalue weighted by atomic mass is 9.96. The summed E-state index contributed by atoms with van der Waals surface area (Å²) in [6.07, 6.45) is 2.11. The number of hydrogen-bond acceptors (Lipinski definition) is 5. The molecule has 3 heterocycles. The zero-order valence-corrected chi connectivity index (χ0v) is 13.1. The molecule has 0 amide bonds. The first-order valence-electron chi connectivity index (χ1n) is 7.90. The highest BCUT2D eigenvalue weighted by molar-refractivity contribution is 6.03. The van der Waals surface area contributed by atoms with Gasteiger partial charge in [-0.25, -0.2) is 14.1 Å². The molecule has 25 heavy (non-hydrogen) atoms. The number of aromatic nitrogens is 3. The second kappa shape index (κ2) is 5.41. The lowest BCUT2D eigenvalue weighted by Crippen LogP contribution is -2.21. The third kappa shape index (κ3) is 2.36. The summed E-state index contributed by atoms with van der Waals surface area (Å²) in [7, 11) is 0. The molecular weight excluding hydrogens is 323 g/mol. The van der Waals surface area contributed by atoms with Crippen molar-refractivity contribution in [2.24, 2.45) is 4.99 Å². The van der Waals surface area contributed by atoms with Crippen LogP contribution in [0.3, 0.4) is 0 Å². The van der Waals surface area contributed by atoms with Gasteiger partial charge in [0, 0.05) is 12.0 Å². The van der Waals surface area contributed by atoms with Crippen LogP contribution in [0.5, 0.6) is 11.5 Å². The van der Waals surface area contributed by atoms with Crippen LogP contribution in [0.25, 0.3) is 0 Å². The van der Waals surface area contributed by atoms with Crippen molar-refractivity contribution in [1.82, 2.24) is 14.8 Å². The standard InChI is InChI=1S/C18H13FN4O2/c19-13-4-1-11(2-5-13)15-8-14(22-18-20-9-21-23(15)18)12-3-6-16-17(7-12)25-10-24-16/h1-7,9,15H,8,10H2. The van der Waals surface area contributed by atoms with Gasteiger partial charge in [0.2, 0.25) is 12.7 Å². The van der Waals surface area contributed by atoms with Crippen molar-refractivity contribution in [2.75, 3.05) is 6.79 Å². The molecular formula is C18H13FN4O2. The first-order valence-corrected chi connectivity index (χ1v) is 7.90. The second-order valence-corrected chi connectivity index (χ2v) is 5.90. The fourth-order valence-electron chi connectivity index (χ4n) is 3.18. The van der Waals surface area contributed by atoms with E-state index in [0.29, 0.717) is 18.1 Å². The molecule has 1 atom stereocenters. The van der Waals surface area contributed by atoms with Crippen molar-refractivity contribution >= 4 is 11.7 Å². The Morgan fingerprint density at radius 1 is 1.04 bits per heavy atom. The minimum Gasteiger partial charge on any atom is -0.454 e. The first-order chi connectivity index (χ1) is 12.3. The van der Waals surface area contributed by atoms with Gasteiger partial charge in [-0.1, -0.05) is 12.1 Å². The monoisotopic (exact) mass is 336 g/mol. The van der Waals surface area contributed by atoms with Crippen molar-refractivity contribution in [2.45, 2.75) is 12.5 Å². The quantitative estimate of drug-likeness (QED) is 0.721. The number of nitrogens with zero attached hydrogens (tertiary/aromatic N) is 4. The van der Waals surface area contributed by atoms with Crippen LogP contribution in [-0.2, 0) is 0 Å². The summed E-state index contributed by atoms with van der Waals surface area (Å²) < 4.78 is 25.9. The van der Waals surface area contributed by atoms with E-state index < -0.39 is 0 Å². The van der Waals surface area contributed by atoms with E-state index in [9.17, 15) is 4.39 Å². The van der Waals surface area contributed by atoms with Gasteiger partial charge in [0.25, 0.3) is 0 Å². The molecule has 0 saturated carbocycles. The molecule has 2 aliphatic rings. The molecule has 0 radical (unpaired) electrons. The van der Waals surface area contributed by atoms with Gasteiger partial charge in [-0.15, -0.1) is 0 Å². The maximum atomic E-state index is 13.3. The smallest absolute Gasteiger partial charge is 0.248 e. The molecule has 124 valence electrons. The van der Waals surface area contributed by atoms with Crippen molar-refractivity contribution in [3.63, 3.8) is 0 Å². The Kier molecular flexibility index (Phi) is 3.06. The highest BCUT2D eigenvalue weighted by Gasteiger charge is 2.27. The summed E-state index contributed by atoms with van der Waals surface area (Å²) >= 11 is 0. The largest absolute Gasteiger partial charge is 0.454 e. The van der Waals surface area contributed by atoms with Crippen LogP contribution < -0.4 is 9.47 Å². The van der Waals surface area contributed by atoms with E-state index in [1.807, 2.05) is 18.2 Å². The summed E-state index contributed by atoms with van der Waals surface area (Å²) in [5.74, 6) is 1.72. The van der Waals surface area contributed by atoms with E-state index in [2.05, 4.69) is 15.1 Å². The zero-order valence-electron chi connectivity index (χ0n) is 13.1. The van der Waals surface area contributed by atoms with Gasteiger partial charge in [0.1, 0.15) is 12.1 Å². The number of ether oxygens (including phenoxy) is 2. The Morgan fingerprint density at radius 3 is 2.76 bits per heavy atom. The Morgan fingerprint density at radius 2 is 1.88 bits per heavy atom. The average Bonchev–Trinajstić information content (AvgIpc) is 3.29.